The SMILES string of the molecule is CC(C)(CCO)NC(=O)Nc1cc(C(F)(F)F)c[nH]c1=O. The molecule has 1 rings (SSSR count). The summed E-state index contributed by atoms with van der Waals surface area (Å²) in [4.78, 5) is 25.0. The molecular weight excluding hydrogens is 291 g/mol. The molecule has 0 atom stereocenters. The molecule has 0 aliphatic rings. The second kappa shape index (κ2) is 6.17. The average molecular weight is 307 g/mol. The van der Waals surface area contributed by atoms with Crippen molar-refractivity contribution in [3.63, 3.8) is 0 Å². The highest BCUT2D eigenvalue weighted by Crippen LogP contribution is 2.29. The van der Waals surface area contributed by atoms with Crippen molar-refractivity contribution in [2.45, 2.75) is 32.0 Å². The van der Waals surface area contributed by atoms with E-state index in [0.717, 1.165) is 0 Å². The van der Waals surface area contributed by atoms with Crippen molar-refractivity contribution in [1.29, 1.82) is 0 Å². The number of halogens is 3. The molecule has 4 N–H and O–H groups in total. The summed E-state index contributed by atoms with van der Waals surface area (Å²) in [5.41, 5.74) is -3.21. The average Bonchev–Trinajstić information content (AvgIpc) is 2.29. The number of aromatic amines is 1. The molecule has 1 aromatic heterocycles. The molecule has 1 aromatic rings. The van der Waals surface area contributed by atoms with Gasteiger partial charge in [-0.1, -0.05) is 0 Å². The molecule has 6 nitrogen and oxygen atoms in total. The number of carbonyl (C=O) groups excluding carboxylic acids is 1. The first kappa shape index (κ1) is 17.0. The van der Waals surface area contributed by atoms with E-state index in [1.807, 2.05) is 4.98 Å². The van der Waals surface area contributed by atoms with Gasteiger partial charge in [0, 0.05) is 18.3 Å². The molecule has 1 heterocycles. The Balaban J connectivity index is 2.88. The van der Waals surface area contributed by atoms with Crippen LogP contribution in [0.5, 0.6) is 0 Å². The zero-order valence-corrected chi connectivity index (χ0v) is 11.5. The summed E-state index contributed by atoms with van der Waals surface area (Å²) in [6.45, 7) is 3.08. The van der Waals surface area contributed by atoms with E-state index in [1.54, 1.807) is 13.8 Å². The zero-order valence-electron chi connectivity index (χ0n) is 11.5. The molecule has 2 amide bonds. The molecule has 0 radical (unpaired) electrons. The number of hydrogen-bond acceptors (Lipinski definition) is 3. The van der Waals surface area contributed by atoms with Crippen molar-refractivity contribution < 1.29 is 23.1 Å². The van der Waals surface area contributed by atoms with Crippen LogP contribution in [0, 0.1) is 0 Å². The van der Waals surface area contributed by atoms with E-state index in [0.29, 0.717) is 12.3 Å². The standard InChI is InChI=1S/C12H16F3N3O3/c1-11(2,3-4-19)18-10(21)17-8-5-7(12(13,14)15)6-16-9(8)20/h5-6,19H,3-4H2,1-2H3,(H,16,20)(H2,17,18,21). The van der Waals surface area contributed by atoms with Gasteiger partial charge in [-0.2, -0.15) is 13.2 Å². The summed E-state index contributed by atoms with van der Waals surface area (Å²) in [6.07, 6.45) is -3.85. The topological polar surface area (TPSA) is 94.2 Å². The lowest BCUT2D eigenvalue weighted by Crippen LogP contribution is -2.46. The molecule has 0 saturated carbocycles. The van der Waals surface area contributed by atoms with E-state index in [2.05, 4.69) is 10.6 Å². The summed E-state index contributed by atoms with van der Waals surface area (Å²) in [6, 6.07) is -0.282. The highest BCUT2D eigenvalue weighted by atomic mass is 19.4. The van der Waals surface area contributed by atoms with Crippen LogP contribution in [0.2, 0.25) is 0 Å². The highest BCUT2D eigenvalue weighted by Gasteiger charge is 2.31. The summed E-state index contributed by atoms with van der Waals surface area (Å²) >= 11 is 0. The Kier molecular flexibility index (Phi) is 5.00. The molecular formula is C12H16F3N3O3. The number of hydrogen-bond donors (Lipinski definition) is 4. The van der Waals surface area contributed by atoms with Gasteiger partial charge in [0.05, 0.1) is 5.56 Å². The van der Waals surface area contributed by atoms with Gasteiger partial charge >= 0.3 is 12.2 Å². The van der Waals surface area contributed by atoms with E-state index in [-0.39, 0.29) is 13.0 Å². The van der Waals surface area contributed by atoms with Gasteiger partial charge < -0.3 is 20.7 Å². The molecule has 21 heavy (non-hydrogen) atoms. The molecule has 0 aliphatic heterocycles. The number of amides is 2. The normalized spacial score (nSPS) is 12.1. The Hall–Kier alpha value is -2.03. The van der Waals surface area contributed by atoms with Gasteiger partial charge in [0.25, 0.3) is 5.56 Å². The largest absolute Gasteiger partial charge is 0.417 e. The summed E-state index contributed by atoms with van der Waals surface area (Å²) in [5.74, 6) is 0. The minimum absolute atomic E-state index is 0.169. The maximum Gasteiger partial charge on any atom is 0.417 e. The van der Waals surface area contributed by atoms with Gasteiger partial charge in [0.1, 0.15) is 5.69 Å². The van der Waals surface area contributed by atoms with Gasteiger partial charge in [0.2, 0.25) is 0 Å². The number of H-pyrrole nitrogens is 1. The van der Waals surface area contributed by atoms with Crippen LogP contribution in [0.25, 0.3) is 0 Å². The number of nitrogens with one attached hydrogen (secondary N) is 3. The first-order valence-electron chi connectivity index (χ1n) is 6.05. The third-order valence-electron chi connectivity index (χ3n) is 2.67. The maximum atomic E-state index is 12.5. The number of aliphatic hydroxyl groups is 1. The van der Waals surface area contributed by atoms with Crippen molar-refractivity contribution in [3.8, 4) is 0 Å². The molecule has 0 bridgehead atoms. The number of anilines is 1. The minimum Gasteiger partial charge on any atom is -0.396 e. The lowest BCUT2D eigenvalue weighted by molar-refractivity contribution is -0.137. The molecule has 118 valence electrons. The number of carbonyl (C=O) groups is 1. The van der Waals surface area contributed by atoms with Gasteiger partial charge in [-0.15, -0.1) is 0 Å². The smallest absolute Gasteiger partial charge is 0.396 e. The van der Waals surface area contributed by atoms with Gasteiger partial charge in [-0.25, -0.2) is 4.79 Å². The third-order valence-corrected chi connectivity index (χ3v) is 2.67. The summed E-state index contributed by atoms with van der Waals surface area (Å²) < 4.78 is 37.6. The zero-order chi connectivity index (χ0) is 16.3. The van der Waals surface area contributed by atoms with Crippen LogP contribution in [0.1, 0.15) is 25.8 Å². The van der Waals surface area contributed by atoms with Crippen molar-refractivity contribution in [2.75, 3.05) is 11.9 Å². The number of aliphatic hydroxyl groups excluding tert-OH is 1. The fraction of sp³-hybridized carbons (Fsp3) is 0.500. The lowest BCUT2D eigenvalue weighted by atomic mass is 10.0. The van der Waals surface area contributed by atoms with Crippen LogP contribution in [0.4, 0.5) is 23.7 Å². The van der Waals surface area contributed by atoms with E-state index >= 15 is 0 Å². The Morgan fingerprint density at radius 3 is 2.52 bits per heavy atom. The van der Waals surface area contributed by atoms with Crippen LogP contribution in [0.15, 0.2) is 17.1 Å². The first-order valence-corrected chi connectivity index (χ1v) is 6.05. The van der Waals surface area contributed by atoms with E-state index < -0.39 is 34.6 Å². The van der Waals surface area contributed by atoms with Crippen LogP contribution in [0.3, 0.4) is 0 Å². The number of alkyl halides is 3. The monoisotopic (exact) mass is 307 g/mol. The van der Waals surface area contributed by atoms with Crippen LogP contribution in [-0.2, 0) is 6.18 Å². The predicted octanol–water partition coefficient (Wildman–Crippen LogP) is 1.68. The molecule has 0 fully saturated rings. The first-order chi connectivity index (χ1) is 9.55. The lowest BCUT2D eigenvalue weighted by Gasteiger charge is -2.25. The van der Waals surface area contributed by atoms with E-state index in [9.17, 15) is 22.8 Å². The van der Waals surface area contributed by atoms with E-state index in [1.165, 1.54) is 0 Å². The van der Waals surface area contributed by atoms with Crippen molar-refractivity contribution in [1.82, 2.24) is 10.3 Å². The second-order valence-corrected chi connectivity index (χ2v) is 5.07. The van der Waals surface area contributed by atoms with Crippen molar-refractivity contribution in [2.24, 2.45) is 0 Å². The summed E-state index contributed by atoms with van der Waals surface area (Å²) in [5, 5.41) is 13.3. The second-order valence-electron chi connectivity index (χ2n) is 5.07. The van der Waals surface area contributed by atoms with Crippen LogP contribution < -0.4 is 16.2 Å². The molecule has 0 saturated heterocycles. The fourth-order valence-corrected chi connectivity index (χ4v) is 1.54. The highest BCUT2D eigenvalue weighted by molar-refractivity contribution is 5.89. The Morgan fingerprint density at radius 1 is 1.38 bits per heavy atom. The molecule has 0 spiro atoms. The molecule has 0 aromatic carbocycles. The third kappa shape index (κ3) is 5.10. The Bertz CT molecular complexity index is 567. The maximum absolute atomic E-state index is 12.5. The predicted molar refractivity (Wildman–Crippen MR) is 70.0 cm³/mol. The number of pyridine rings is 1. The van der Waals surface area contributed by atoms with Crippen LogP contribution >= 0.6 is 0 Å². The summed E-state index contributed by atoms with van der Waals surface area (Å²) in [7, 11) is 0. The molecule has 9 heteroatoms. The van der Waals surface area contributed by atoms with Gasteiger partial charge in [0.15, 0.2) is 0 Å². The molecule has 0 aliphatic carbocycles. The fourth-order valence-electron chi connectivity index (χ4n) is 1.54. The number of urea groups is 1. The van der Waals surface area contributed by atoms with Gasteiger partial charge in [-0.05, 0) is 26.3 Å². The van der Waals surface area contributed by atoms with E-state index in [4.69, 9.17) is 5.11 Å². The Labute approximate surface area is 118 Å². The number of aromatic nitrogens is 1. The number of rotatable bonds is 4. The quantitative estimate of drug-likeness (QED) is 0.681. The minimum atomic E-state index is -4.63. The van der Waals surface area contributed by atoms with Gasteiger partial charge in [-0.3, -0.25) is 4.79 Å². The van der Waals surface area contributed by atoms with Crippen molar-refractivity contribution in [3.05, 3.63) is 28.2 Å². The van der Waals surface area contributed by atoms with Crippen LogP contribution in [-0.4, -0.2) is 28.3 Å². The molecule has 0 unspecified atom stereocenters. The Morgan fingerprint density at radius 2 is 2.00 bits per heavy atom. The van der Waals surface area contributed by atoms with Crippen molar-refractivity contribution >= 4 is 11.7 Å².